The molecule has 0 aliphatic carbocycles. The number of likely N-dealkylation sites (N-methyl/N-ethyl adjacent to an activating group) is 2. The first kappa shape index (κ1) is 45.7. The van der Waals surface area contributed by atoms with Gasteiger partial charge in [0.1, 0.15) is 0 Å². The van der Waals surface area contributed by atoms with E-state index in [0.717, 1.165) is 32.3 Å². The Kier molecular flexibility index (Phi) is 19.7. The van der Waals surface area contributed by atoms with E-state index in [1.807, 2.05) is 52.5 Å². The summed E-state index contributed by atoms with van der Waals surface area (Å²) in [6.07, 6.45) is -0.819. The van der Waals surface area contributed by atoms with Gasteiger partial charge in [0.2, 0.25) is 0 Å². The largest absolute Gasteiger partial charge is 0.487 e. The van der Waals surface area contributed by atoms with Crippen LogP contribution in [0.1, 0.15) is 23.6 Å². The maximum absolute atomic E-state index is 9.70. The first-order valence-corrected chi connectivity index (χ1v) is 20.8. The molecule has 2 heterocycles. The van der Waals surface area contributed by atoms with E-state index in [9.17, 15) is 10.2 Å². The van der Waals surface area contributed by atoms with Crippen LogP contribution in [0.3, 0.4) is 0 Å². The molecule has 2 unspecified atom stereocenters. The molecule has 0 aliphatic rings. The van der Waals surface area contributed by atoms with Crippen LogP contribution in [0.2, 0.25) is 0 Å². The zero-order valence-electron chi connectivity index (χ0n) is 33.9. The van der Waals surface area contributed by atoms with Crippen LogP contribution >= 0.6 is 22.7 Å². The zero-order valence-corrected chi connectivity index (χ0v) is 35.6. The van der Waals surface area contributed by atoms with Crippen molar-refractivity contribution in [3.63, 3.8) is 0 Å². The number of thiophene rings is 2. The van der Waals surface area contributed by atoms with Gasteiger partial charge in [-0.05, 0) is 49.2 Å². The van der Waals surface area contributed by atoms with Crippen LogP contribution in [0.15, 0.2) is 72.8 Å². The summed E-state index contributed by atoms with van der Waals surface area (Å²) >= 11 is 3.44. The molecule has 2 N–H and O–H groups in total. The first-order chi connectivity index (χ1) is 26.9. The molecule has 0 radical (unpaired) electrons. The zero-order chi connectivity index (χ0) is 40.2. The Hall–Kier alpha value is -2.96. The van der Waals surface area contributed by atoms with Gasteiger partial charge in [0.15, 0.2) is 0 Å². The third-order valence-electron chi connectivity index (χ3n) is 8.17. The van der Waals surface area contributed by atoms with Crippen molar-refractivity contribution in [3.8, 4) is 20.9 Å². The Morgan fingerprint density at radius 2 is 0.768 bits per heavy atom. The van der Waals surface area contributed by atoms with E-state index in [1.54, 1.807) is 36.5 Å². The monoisotopic (exact) mass is 814 g/mol. The lowest BCUT2D eigenvalue weighted by molar-refractivity contribution is -0.853. The highest BCUT2D eigenvalue weighted by Gasteiger charge is 2.12. The highest BCUT2D eigenvalue weighted by molar-refractivity contribution is 7.15. The van der Waals surface area contributed by atoms with Gasteiger partial charge in [-0.3, -0.25) is 0 Å². The molecule has 0 fully saturated rings. The summed E-state index contributed by atoms with van der Waals surface area (Å²) in [4.78, 5) is 4.70. The fourth-order valence-electron chi connectivity index (χ4n) is 5.95. The van der Waals surface area contributed by atoms with Crippen LogP contribution in [0, 0.1) is 0 Å². The van der Waals surface area contributed by atoms with E-state index < -0.39 is 12.2 Å². The normalized spacial score (nSPS) is 13.2. The molecule has 0 saturated heterocycles. The molecule has 0 amide bonds. The molecule has 0 saturated carbocycles. The van der Waals surface area contributed by atoms with Gasteiger partial charge in [0, 0.05) is 19.5 Å². The second-order valence-corrected chi connectivity index (χ2v) is 17.0. The molecule has 310 valence electrons. The van der Waals surface area contributed by atoms with Crippen molar-refractivity contribution in [3.05, 3.63) is 93.4 Å². The van der Waals surface area contributed by atoms with Crippen molar-refractivity contribution >= 4 is 34.0 Å². The number of quaternary nitrogens is 2. The Morgan fingerprint density at radius 1 is 0.464 bits per heavy atom. The Labute approximate surface area is 341 Å². The van der Waals surface area contributed by atoms with Crippen LogP contribution in [-0.2, 0) is 41.6 Å². The average molecular weight is 815 g/mol. The molecule has 14 heteroatoms. The van der Waals surface area contributed by atoms with Crippen molar-refractivity contribution in [2.45, 2.75) is 39.3 Å². The van der Waals surface area contributed by atoms with E-state index >= 15 is 0 Å². The number of aliphatic hydroxyl groups excluding tert-OH is 2. The van der Waals surface area contributed by atoms with Crippen LogP contribution in [0.25, 0.3) is 31.7 Å². The summed E-state index contributed by atoms with van der Waals surface area (Å²) in [5.74, 6) is 0. The van der Waals surface area contributed by atoms with Gasteiger partial charge in [0.25, 0.3) is 0 Å². The number of nitrogens with zero attached hydrogens (tertiary/aromatic N) is 4. The third kappa shape index (κ3) is 18.1. The smallest absolute Gasteiger partial charge is 0.0998 e. The topological polar surface area (TPSA) is 124 Å². The maximum Gasteiger partial charge on any atom is 0.0998 e. The van der Waals surface area contributed by atoms with Gasteiger partial charge >= 0.3 is 0 Å². The Morgan fingerprint density at radius 3 is 1.07 bits per heavy atom. The van der Waals surface area contributed by atoms with E-state index in [1.165, 1.54) is 9.75 Å². The van der Waals surface area contributed by atoms with E-state index in [-0.39, 0.29) is 0 Å². The molecule has 2 aromatic carbocycles. The molecule has 2 atom stereocenters. The van der Waals surface area contributed by atoms with E-state index in [4.69, 9.17) is 39.3 Å². The summed E-state index contributed by atoms with van der Waals surface area (Å²) in [7, 11) is 7.92. The van der Waals surface area contributed by atoms with Crippen LogP contribution in [0.5, 0.6) is 0 Å². The molecule has 12 nitrogen and oxygen atoms in total. The van der Waals surface area contributed by atoms with Crippen LogP contribution < -0.4 is 0 Å². The van der Waals surface area contributed by atoms with Gasteiger partial charge in [-0.1, -0.05) is 59.9 Å². The van der Waals surface area contributed by atoms with Crippen molar-refractivity contribution in [2.24, 2.45) is 0 Å². The second kappa shape index (κ2) is 24.1. The number of rotatable bonds is 29. The standard InChI is InChI=1S/C42H62N4O8S2/c1-33(47)29-45(3,4)43-37-11-7-35(8-12-37)41-17-15-39(55-41)31-53-27-25-51-23-21-49-19-20-50-22-24-52-26-28-54-32-40-16-18-42(56-40)36-9-13-38(14-10-36)44-46(5,6)30-34(2)48/h7-18,33-34,47-48H,19-32H2,1-6H3. The quantitative estimate of drug-likeness (QED) is 0.0325. The SMILES string of the molecule is CC(O)C[N+](C)(C)[N-]c1ccc(-c2ccc(COCCOCCOCCOCCOCCOCc3ccc(-c4ccc([N-][N+](C)(C)CC(C)O)cc4)s3)s2)cc1. The summed E-state index contributed by atoms with van der Waals surface area (Å²) in [5.41, 5.74) is 13.5. The lowest BCUT2D eigenvalue weighted by Gasteiger charge is -2.43. The summed E-state index contributed by atoms with van der Waals surface area (Å²) in [5, 5.41) is 19.4. The fourth-order valence-corrected chi connectivity index (χ4v) is 7.85. The molecule has 2 aromatic heterocycles. The predicted molar refractivity (Wildman–Crippen MR) is 225 cm³/mol. The van der Waals surface area contributed by atoms with Gasteiger partial charge in [-0.25, -0.2) is 0 Å². The predicted octanol–water partition coefficient (Wildman–Crippen LogP) is 7.70. The summed E-state index contributed by atoms with van der Waals surface area (Å²) in [6, 6.07) is 24.8. The van der Waals surface area contributed by atoms with Crippen LogP contribution in [0.4, 0.5) is 11.4 Å². The molecule has 4 rings (SSSR count). The van der Waals surface area contributed by atoms with Crippen LogP contribution in [-0.4, -0.2) is 139 Å². The molecule has 4 aromatic rings. The van der Waals surface area contributed by atoms with Crippen molar-refractivity contribution in [1.82, 2.24) is 0 Å². The lowest BCUT2D eigenvalue weighted by Crippen LogP contribution is -2.39. The molecule has 0 bridgehead atoms. The van der Waals surface area contributed by atoms with Gasteiger partial charge < -0.3 is 58.7 Å². The molecule has 0 aliphatic heterocycles. The van der Waals surface area contributed by atoms with Gasteiger partial charge in [-0.15, -0.1) is 22.7 Å². The van der Waals surface area contributed by atoms with Gasteiger partial charge in [-0.2, -0.15) is 0 Å². The van der Waals surface area contributed by atoms with Crippen molar-refractivity contribution in [1.29, 1.82) is 0 Å². The third-order valence-corrected chi connectivity index (χ3v) is 10.4. The second-order valence-electron chi connectivity index (χ2n) is 14.7. The number of aliphatic hydroxyl groups is 2. The summed E-state index contributed by atoms with van der Waals surface area (Å²) < 4.78 is 34.8. The first-order valence-electron chi connectivity index (χ1n) is 19.2. The number of ether oxygens (including phenoxy) is 6. The molecule has 56 heavy (non-hydrogen) atoms. The van der Waals surface area contributed by atoms with Gasteiger partial charge in [0.05, 0.1) is 133 Å². The maximum atomic E-state index is 9.70. The molecule has 0 spiro atoms. The van der Waals surface area contributed by atoms with Crippen molar-refractivity contribution < 1.29 is 47.8 Å². The highest BCUT2D eigenvalue weighted by atomic mass is 32.1. The summed E-state index contributed by atoms with van der Waals surface area (Å²) in [6.45, 7) is 10.9. The number of hydrogen-bond acceptors (Lipinski definition) is 10. The van der Waals surface area contributed by atoms with E-state index in [0.29, 0.717) is 102 Å². The van der Waals surface area contributed by atoms with E-state index in [2.05, 4.69) is 48.5 Å². The lowest BCUT2D eigenvalue weighted by atomic mass is 10.2. The Balaban J connectivity index is 0.923. The number of hydrogen-bond donors (Lipinski definition) is 2. The Bertz CT molecular complexity index is 1520. The highest BCUT2D eigenvalue weighted by Crippen LogP contribution is 2.33. The number of benzene rings is 2. The fraction of sp³-hybridized carbons (Fsp3) is 0.524. The van der Waals surface area contributed by atoms with Crippen molar-refractivity contribution in [2.75, 3.05) is 107 Å². The minimum Gasteiger partial charge on any atom is -0.487 e. The minimum atomic E-state index is -0.409. The average Bonchev–Trinajstić information content (AvgIpc) is 3.81. The minimum absolute atomic E-state index is 0.376. The molecular formula is C42H62N4O8S2. The molecular weight excluding hydrogens is 753 g/mol.